The van der Waals surface area contributed by atoms with Gasteiger partial charge in [0.25, 0.3) is 0 Å². The van der Waals surface area contributed by atoms with E-state index >= 15 is 0 Å². The lowest BCUT2D eigenvalue weighted by Crippen LogP contribution is -2.45. The normalized spacial score (nSPS) is 12.2. The SMILES string of the molecule is COc1ccc(C)cc1S(=O)(=O)N[C@@H](Cc1ccccc1)C(=O)Nc1ccccc1F. The number of para-hydroxylation sites is 1. The van der Waals surface area contributed by atoms with Crippen molar-refractivity contribution in [2.75, 3.05) is 12.4 Å². The van der Waals surface area contributed by atoms with Gasteiger partial charge in [0.15, 0.2) is 0 Å². The van der Waals surface area contributed by atoms with E-state index < -0.39 is 27.8 Å². The number of methoxy groups -OCH3 is 1. The molecule has 0 saturated carbocycles. The lowest BCUT2D eigenvalue weighted by molar-refractivity contribution is -0.117. The van der Waals surface area contributed by atoms with Crippen molar-refractivity contribution in [2.24, 2.45) is 0 Å². The zero-order chi connectivity index (χ0) is 22.4. The molecule has 8 heteroatoms. The second-order valence-electron chi connectivity index (χ2n) is 6.99. The third kappa shape index (κ3) is 5.68. The number of nitrogens with one attached hydrogen (secondary N) is 2. The molecule has 0 radical (unpaired) electrons. The Balaban J connectivity index is 1.93. The number of halogens is 1. The molecule has 0 fully saturated rings. The van der Waals surface area contributed by atoms with Crippen LogP contribution in [0.2, 0.25) is 0 Å². The Labute approximate surface area is 181 Å². The second kappa shape index (κ2) is 9.72. The molecule has 0 spiro atoms. The highest BCUT2D eigenvalue weighted by Crippen LogP contribution is 2.25. The van der Waals surface area contributed by atoms with Crippen LogP contribution in [0.1, 0.15) is 11.1 Å². The molecule has 31 heavy (non-hydrogen) atoms. The number of rotatable bonds is 8. The molecule has 6 nitrogen and oxygen atoms in total. The van der Waals surface area contributed by atoms with Crippen molar-refractivity contribution in [3.8, 4) is 5.75 Å². The van der Waals surface area contributed by atoms with Crippen molar-refractivity contribution >= 4 is 21.6 Å². The van der Waals surface area contributed by atoms with Gasteiger partial charge in [-0.3, -0.25) is 4.79 Å². The third-order valence-corrected chi connectivity index (χ3v) is 6.13. The van der Waals surface area contributed by atoms with Crippen molar-refractivity contribution in [3.63, 3.8) is 0 Å². The Morgan fingerprint density at radius 1 is 1.03 bits per heavy atom. The maximum atomic E-state index is 14.0. The predicted molar refractivity (Wildman–Crippen MR) is 117 cm³/mol. The Hall–Kier alpha value is -3.23. The van der Waals surface area contributed by atoms with E-state index in [1.54, 1.807) is 49.4 Å². The fraction of sp³-hybridized carbons (Fsp3) is 0.174. The lowest BCUT2D eigenvalue weighted by atomic mass is 10.1. The minimum atomic E-state index is -4.12. The van der Waals surface area contributed by atoms with Crippen LogP contribution in [0.25, 0.3) is 0 Å². The van der Waals surface area contributed by atoms with Gasteiger partial charge >= 0.3 is 0 Å². The molecular formula is C23H23FN2O4S. The molecule has 3 aromatic carbocycles. The maximum absolute atomic E-state index is 14.0. The summed E-state index contributed by atoms with van der Waals surface area (Å²) in [5.41, 5.74) is 1.43. The summed E-state index contributed by atoms with van der Waals surface area (Å²) in [5.74, 6) is -1.13. The molecule has 1 atom stereocenters. The first-order valence-corrected chi connectivity index (χ1v) is 11.0. The number of carbonyl (C=O) groups excluding carboxylic acids is 1. The van der Waals surface area contributed by atoms with Crippen molar-refractivity contribution in [1.29, 1.82) is 0 Å². The summed E-state index contributed by atoms with van der Waals surface area (Å²) in [4.78, 5) is 12.9. The summed E-state index contributed by atoms with van der Waals surface area (Å²) in [6, 6.07) is 18.2. The number of benzene rings is 3. The van der Waals surface area contributed by atoms with E-state index in [4.69, 9.17) is 4.74 Å². The van der Waals surface area contributed by atoms with Gasteiger partial charge in [-0.1, -0.05) is 48.5 Å². The van der Waals surface area contributed by atoms with E-state index in [-0.39, 0.29) is 22.8 Å². The van der Waals surface area contributed by atoms with E-state index in [0.29, 0.717) is 0 Å². The molecule has 3 aromatic rings. The van der Waals surface area contributed by atoms with Crippen LogP contribution in [0, 0.1) is 12.7 Å². The maximum Gasteiger partial charge on any atom is 0.245 e. The first-order valence-electron chi connectivity index (χ1n) is 9.56. The van der Waals surface area contributed by atoms with Crippen LogP contribution in [-0.2, 0) is 21.2 Å². The molecule has 0 aliphatic carbocycles. The first-order chi connectivity index (χ1) is 14.8. The monoisotopic (exact) mass is 442 g/mol. The minimum absolute atomic E-state index is 0.0297. The van der Waals surface area contributed by atoms with E-state index in [2.05, 4.69) is 10.0 Å². The van der Waals surface area contributed by atoms with E-state index in [0.717, 1.165) is 11.1 Å². The number of aryl methyl sites for hydroxylation is 1. The molecule has 0 saturated heterocycles. The quantitative estimate of drug-likeness (QED) is 0.558. The van der Waals surface area contributed by atoms with Crippen LogP contribution in [0.4, 0.5) is 10.1 Å². The average Bonchev–Trinajstić information content (AvgIpc) is 2.75. The lowest BCUT2D eigenvalue weighted by Gasteiger charge is -2.20. The van der Waals surface area contributed by atoms with Crippen molar-refractivity contribution < 1.29 is 22.3 Å². The number of anilines is 1. The third-order valence-electron chi connectivity index (χ3n) is 4.64. The average molecular weight is 443 g/mol. The van der Waals surface area contributed by atoms with Crippen LogP contribution in [0.3, 0.4) is 0 Å². The fourth-order valence-electron chi connectivity index (χ4n) is 3.06. The molecular weight excluding hydrogens is 419 g/mol. The summed E-state index contributed by atoms with van der Waals surface area (Å²) >= 11 is 0. The van der Waals surface area contributed by atoms with Gasteiger partial charge in [-0.15, -0.1) is 0 Å². The molecule has 3 rings (SSSR count). The molecule has 0 heterocycles. The highest BCUT2D eigenvalue weighted by molar-refractivity contribution is 7.89. The molecule has 2 N–H and O–H groups in total. The smallest absolute Gasteiger partial charge is 0.245 e. The molecule has 0 aliphatic heterocycles. The van der Waals surface area contributed by atoms with Crippen LogP contribution in [0.5, 0.6) is 5.75 Å². The number of amides is 1. The number of carbonyl (C=O) groups is 1. The summed E-state index contributed by atoms with van der Waals surface area (Å²) in [5, 5.41) is 2.47. The number of sulfonamides is 1. The Bertz CT molecular complexity index is 1170. The zero-order valence-electron chi connectivity index (χ0n) is 17.1. The fourth-order valence-corrected chi connectivity index (χ4v) is 4.51. The topological polar surface area (TPSA) is 84.5 Å². The second-order valence-corrected chi connectivity index (χ2v) is 8.67. The van der Waals surface area contributed by atoms with Crippen LogP contribution >= 0.6 is 0 Å². The van der Waals surface area contributed by atoms with E-state index in [1.165, 1.54) is 31.4 Å². The molecule has 0 aliphatic rings. The van der Waals surface area contributed by atoms with Crippen LogP contribution in [0.15, 0.2) is 77.7 Å². The summed E-state index contributed by atoms with van der Waals surface area (Å²) in [7, 11) is -2.75. The van der Waals surface area contributed by atoms with Gasteiger partial charge in [-0.2, -0.15) is 4.72 Å². The number of ether oxygens (including phenoxy) is 1. The number of hydrogen-bond donors (Lipinski definition) is 2. The zero-order valence-corrected chi connectivity index (χ0v) is 17.9. The highest BCUT2D eigenvalue weighted by Gasteiger charge is 2.28. The Morgan fingerprint density at radius 2 is 1.71 bits per heavy atom. The Morgan fingerprint density at radius 3 is 2.39 bits per heavy atom. The highest BCUT2D eigenvalue weighted by atomic mass is 32.2. The molecule has 0 unspecified atom stereocenters. The van der Waals surface area contributed by atoms with Crippen LogP contribution < -0.4 is 14.8 Å². The summed E-state index contributed by atoms with van der Waals surface area (Å²) in [6.07, 6.45) is 0.0779. The van der Waals surface area contributed by atoms with E-state index in [9.17, 15) is 17.6 Å². The largest absolute Gasteiger partial charge is 0.495 e. The molecule has 0 bridgehead atoms. The van der Waals surface area contributed by atoms with Gasteiger partial charge in [0.2, 0.25) is 15.9 Å². The standard InChI is InChI=1S/C23H23FN2O4S/c1-16-12-13-21(30-2)22(14-16)31(28,29)26-20(15-17-8-4-3-5-9-17)23(27)25-19-11-7-6-10-18(19)24/h3-14,20,26H,15H2,1-2H3,(H,25,27)/t20-/m0/s1. The van der Waals surface area contributed by atoms with Crippen molar-refractivity contribution in [1.82, 2.24) is 4.72 Å². The van der Waals surface area contributed by atoms with Crippen LogP contribution in [-0.4, -0.2) is 27.5 Å². The van der Waals surface area contributed by atoms with Gasteiger partial charge in [-0.05, 0) is 48.7 Å². The van der Waals surface area contributed by atoms with Gasteiger partial charge in [0, 0.05) is 0 Å². The van der Waals surface area contributed by atoms with Gasteiger partial charge in [0.05, 0.1) is 12.8 Å². The molecule has 162 valence electrons. The summed E-state index contributed by atoms with van der Waals surface area (Å²) in [6.45, 7) is 1.75. The predicted octanol–water partition coefficient (Wildman–Crippen LogP) is 3.67. The molecule has 0 aromatic heterocycles. The van der Waals surface area contributed by atoms with Crippen molar-refractivity contribution in [3.05, 3.63) is 89.7 Å². The molecule has 1 amide bonds. The first kappa shape index (κ1) is 22.5. The summed E-state index contributed by atoms with van der Waals surface area (Å²) < 4.78 is 47.9. The van der Waals surface area contributed by atoms with Crippen molar-refractivity contribution in [2.45, 2.75) is 24.3 Å². The van der Waals surface area contributed by atoms with Gasteiger partial charge in [-0.25, -0.2) is 12.8 Å². The number of hydrogen-bond acceptors (Lipinski definition) is 4. The van der Waals surface area contributed by atoms with E-state index in [1.807, 2.05) is 6.07 Å². The van der Waals surface area contributed by atoms with Gasteiger partial charge < -0.3 is 10.1 Å². The van der Waals surface area contributed by atoms with Gasteiger partial charge in [0.1, 0.15) is 22.5 Å². The Kier molecular flexibility index (Phi) is 7.04. The minimum Gasteiger partial charge on any atom is -0.495 e.